The third-order valence-electron chi connectivity index (χ3n) is 13.9. The number of allylic oxidation sites excluding steroid dienone is 6. The van der Waals surface area contributed by atoms with Gasteiger partial charge in [-0.3, -0.25) is 14.4 Å². The Morgan fingerprint density at radius 3 is 2.30 bits per heavy atom. The van der Waals surface area contributed by atoms with E-state index in [9.17, 15) is 39.6 Å². The second-order valence-electron chi connectivity index (χ2n) is 19.2. The Morgan fingerprint density at radius 1 is 0.800 bits per heavy atom. The Bertz CT molecular complexity index is 1570. The average molecular weight is 840 g/mol. The van der Waals surface area contributed by atoms with Gasteiger partial charge in [-0.15, -0.1) is 0 Å². The number of nitrogens with zero attached hydrogens (tertiary/aromatic N) is 1. The molecule has 4 N–H and O–H groups in total. The zero-order chi connectivity index (χ0) is 44.1. The van der Waals surface area contributed by atoms with Crippen molar-refractivity contribution >= 4 is 23.4 Å². The maximum Gasteiger partial charge on any atom is 0.329 e. The summed E-state index contributed by atoms with van der Waals surface area (Å²) in [7, 11) is 0. The highest BCUT2D eigenvalue weighted by Gasteiger charge is 2.46. The minimum atomic E-state index is -1.78. The van der Waals surface area contributed by atoms with Crippen molar-refractivity contribution in [1.29, 1.82) is 0 Å². The fourth-order valence-electron chi connectivity index (χ4n) is 9.53. The number of aliphatic hydroxyl groups excluding tert-OH is 3. The van der Waals surface area contributed by atoms with Crippen LogP contribution in [0, 0.1) is 35.5 Å². The molecule has 11 heteroatoms. The van der Waals surface area contributed by atoms with E-state index in [4.69, 9.17) is 9.47 Å². The molecule has 2 bridgehead atoms. The lowest BCUT2D eigenvalue weighted by Gasteiger charge is -2.44. The molecular weight excluding hydrogens is 763 g/mol. The number of fused-ring (bicyclic) bond motifs is 3. The fourth-order valence-corrected chi connectivity index (χ4v) is 9.53. The molecule has 3 heterocycles. The summed E-state index contributed by atoms with van der Waals surface area (Å²) in [5.41, 5.74) is 1.26. The van der Waals surface area contributed by atoms with Crippen molar-refractivity contribution < 1.29 is 49.1 Å². The highest BCUT2D eigenvalue weighted by atomic mass is 16.6. The van der Waals surface area contributed by atoms with Crippen molar-refractivity contribution in [2.24, 2.45) is 35.5 Å². The predicted octanol–water partition coefficient (Wildman–Crippen LogP) is 7.49. The number of hydrogen-bond donors (Lipinski definition) is 4. The number of carbonyl (C=O) groups is 4. The summed E-state index contributed by atoms with van der Waals surface area (Å²) in [6.45, 7) is 13.4. The Balaban J connectivity index is 1.62. The number of ketones is 2. The lowest BCUT2D eigenvalue weighted by molar-refractivity contribution is -0.283. The molecule has 11 nitrogen and oxygen atoms in total. The van der Waals surface area contributed by atoms with Gasteiger partial charge >= 0.3 is 5.97 Å². The third-order valence-corrected chi connectivity index (χ3v) is 13.9. The maximum absolute atomic E-state index is 14.2. The van der Waals surface area contributed by atoms with Crippen LogP contribution in [0.4, 0.5) is 0 Å². The van der Waals surface area contributed by atoms with Crippen LogP contribution in [0.25, 0.3) is 0 Å². The van der Waals surface area contributed by atoms with E-state index in [0.29, 0.717) is 69.4 Å². The number of amides is 1. The lowest BCUT2D eigenvalue weighted by atomic mass is 9.84. The molecule has 1 aliphatic carbocycles. The van der Waals surface area contributed by atoms with Crippen LogP contribution in [0.15, 0.2) is 47.6 Å². The van der Waals surface area contributed by atoms with E-state index in [2.05, 4.69) is 0 Å². The van der Waals surface area contributed by atoms with Crippen molar-refractivity contribution in [3.63, 3.8) is 0 Å². The largest absolute Gasteiger partial charge is 0.460 e. The minimum absolute atomic E-state index is 0.0481. The van der Waals surface area contributed by atoms with Crippen molar-refractivity contribution in [3.8, 4) is 0 Å². The lowest BCUT2D eigenvalue weighted by Crippen LogP contribution is -2.54. The highest BCUT2D eigenvalue weighted by Crippen LogP contribution is 2.38. The van der Waals surface area contributed by atoms with Gasteiger partial charge in [-0.05, 0) is 107 Å². The molecule has 4 aliphatic rings. The summed E-state index contributed by atoms with van der Waals surface area (Å²) in [6.07, 6.45) is 16.1. The van der Waals surface area contributed by atoms with Crippen molar-refractivity contribution in [1.82, 2.24) is 4.90 Å². The van der Waals surface area contributed by atoms with Crippen LogP contribution < -0.4 is 0 Å². The van der Waals surface area contributed by atoms with Gasteiger partial charge in [-0.1, -0.05) is 83.9 Å². The van der Waals surface area contributed by atoms with Crippen LogP contribution in [0.2, 0.25) is 0 Å². The number of cyclic esters (lactones) is 1. The first-order chi connectivity index (χ1) is 28.4. The highest BCUT2D eigenvalue weighted by molar-refractivity contribution is 5.86. The molecule has 13 atom stereocenters. The molecule has 4 rings (SSSR count). The molecule has 60 heavy (non-hydrogen) atoms. The fraction of sp³-hybridized carbons (Fsp3) is 0.755. The summed E-state index contributed by atoms with van der Waals surface area (Å²) in [6, 6.07) is -0.881. The quantitative estimate of drug-likeness (QED) is 0.127. The van der Waals surface area contributed by atoms with Crippen LogP contribution >= 0.6 is 0 Å². The summed E-state index contributed by atoms with van der Waals surface area (Å²) in [5, 5.41) is 44.3. The van der Waals surface area contributed by atoms with Gasteiger partial charge in [0.15, 0.2) is 5.79 Å². The first-order valence-electron chi connectivity index (χ1n) is 23.1. The number of Topliss-reactive ketones (excluding diaryl/α,β-unsaturated/α-hetero) is 2. The summed E-state index contributed by atoms with van der Waals surface area (Å²) in [5.74, 6) is -4.00. The monoisotopic (exact) mass is 840 g/mol. The zero-order valence-corrected chi connectivity index (χ0v) is 37.6. The third kappa shape index (κ3) is 14.8. The van der Waals surface area contributed by atoms with Gasteiger partial charge in [-0.25, -0.2) is 4.79 Å². The van der Waals surface area contributed by atoms with Gasteiger partial charge in [0, 0.05) is 43.6 Å². The molecular formula is C49H77NO10. The van der Waals surface area contributed by atoms with Crippen LogP contribution in [0.3, 0.4) is 0 Å². The number of carbonyl (C=O) groups excluding carboxylic acids is 4. The van der Waals surface area contributed by atoms with E-state index in [0.717, 1.165) is 31.3 Å². The Morgan fingerprint density at radius 2 is 1.55 bits per heavy atom. The Labute approximate surface area is 359 Å². The van der Waals surface area contributed by atoms with Gasteiger partial charge in [0.05, 0.1) is 30.8 Å². The molecule has 1 saturated carbocycles. The maximum atomic E-state index is 14.2. The van der Waals surface area contributed by atoms with Crippen LogP contribution in [0.1, 0.15) is 151 Å². The molecule has 3 aliphatic heterocycles. The van der Waals surface area contributed by atoms with Crippen LogP contribution in [0.5, 0.6) is 0 Å². The number of rotatable bonds is 3. The first-order valence-corrected chi connectivity index (χ1v) is 23.1. The second kappa shape index (κ2) is 23.5. The van der Waals surface area contributed by atoms with Gasteiger partial charge in [0.25, 0.3) is 0 Å². The topological polar surface area (TPSA) is 171 Å². The number of esters is 1. The Hall–Kier alpha value is -2.96. The van der Waals surface area contributed by atoms with Crippen molar-refractivity contribution in [3.05, 3.63) is 47.6 Å². The van der Waals surface area contributed by atoms with Gasteiger partial charge in [-0.2, -0.15) is 0 Å². The summed E-state index contributed by atoms with van der Waals surface area (Å²) in [4.78, 5) is 57.0. The summed E-state index contributed by atoms with van der Waals surface area (Å²) >= 11 is 0. The molecule has 0 radical (unpaired) electrons. The molecule has 0 aromatic heterocycles. The van der Waals surface area contributed by atoms with Gasteiger partial charge < -0.3 is 34.8 Å². The van der Waals surface area contributed by atoms with Gasteiger partial charge in [0.2, 0.25) is 5.91 Å². The van der Waals surface area contributed by atoms with Crippen molar-refractivity contribution in [2.75, 3.05) is 6.54 Å². The van der Waals surface area contributed by atoms with E-state index in [1.165, 1.54) is 4.90 Å². The molecule has 1 amide bonds. The molecule has 2 saturated heterocycles. The zero-order valence-electron chi connectivity index (χ0n) is 37.6. The number of ether oxygens (including phenoxy) is 2. The minimum Gasteiger partial charge on any atom is -0.460 e. The predicted molar refractivity (Wildman–Crippen MR) is 232 cm³/mol. The van der Waals surface area contributed by atoms with E-state index in [1.54, 1.807) is 19.9 Å². The number of piperidine rings is 1. The summed E-state index contributed by atoms with van der Waals surface area (Å²) < 4.78 is 12.6. The standard InChI is InChI=1S/C49H77NO10/c1-31-14-9-8-10-15-32(2)42(52)27-40-22-19-37(7)49(58,60-40)30-47(56)50-23-12-11-18-41(50)48(57)59-46(36(6)26-38-16-13-17-39(51)21-20-38)29-45(55)35(5)25-34(4)44(54)28-43(53)33(3)24-31/h8-10,14-15,25,31,33,35-42,44,46,51-52,54,58H,11-13,16-24,26-30H2,1-7H3/b10-8+,14-9+,32-15+,34-25+/t31-,33-,35-,36-,37-,38-,39+,40+,41+,42+,44+,46+,49+/m1/s1. The SMILES string of the molecule is C/C1=C\[C@@H](C)C(=O)C[C@@H]([C@H](C)C[C@@H]2CCC[C@H](O)CC2)OC(=O)[C@@H]2CCCCN2C(=O)C[C@]2(O)O[C@@H](CC[C@H]2C)C[C@H](O)/C(C)=C/C=C/C=C/[C@@H](C)C[C@@H](C)C(=O)C[C@@H]1O. The van der Waals surface area contributed by atoms with E-state index < -0.39 is 54.0 Å². The average Bonchev–Trinajstić information content (AvgIpc) is 3.41. The molecule has 0 aromatic rings. The van der Waals surface area contributed by atoms with E-state index in [-0.39, 0.29) is 67.0 Å². The number of aliphatic hydroxyl groups is 4. The second-order valence-corrected chi connectivity index (χ2v) is 19.2. The smallest absolute Gasteiger partial charge is 0.329 e. The number of hydrogen-bond acceptors (Lipinski definition) is 10. The van der Waals surface area contributed by atoms with E-state index >= 15 is 0 Å². The van der Waals surface area contributed by atoms with Crippen LogP contribution in [-0.4, -0.2) is 97.7 Å². The van der Waals surface area contributed by atoms with Crippen LogP contribution in [-0.2, 0) is 28.7 Å². The molecule has 338 valence electrons. The normalized spacial score (nSPS) is 40.5. The first kappa shape index (κ1) is 49.7. The van der Waals surface area contributed by atoms with Crippen molar-refractivity contribution in [2.45, 2.75) is 194 Å². The molecule has 0 aromatic carbocycles. The molecule has 0 unspecified atom stereocenters. The van der Waals surface area contributed by atoms with E-state index in [1.807, 2.05) is 65.0 Å². The molecule has 3 fully saturated rings. The molecule has 0 spiro atoms. The Kier molecular flexibility index (Phi) is 19.4. The van der Waals surface area contributed by atoms with Gasteiger partial charge in [0.1, 0.15) is 23.7 Å².